The molecule has 0 bridgehead atoms. The van der Waals surface area contributed by atoms with Crippen molar-refractivity contribution < 1.29 is 29.5 Å². The molecular weight excluding hydrogens is 264 g/mol. The van der Waals surface area contributed by atoms with E-state index in [2.05, 4.69) is 0 Å². The lowest BCUT2D eigenvalue weighted by Gasteiger charge is -2.42. The van der Waals surface area contributed by atoms with Crippen LogP contribution in [-0.4, -0.2) is 63.8 Å². The molecule has 1 rings (SSSR count). The summed E-state index contributed by atoms with van der Waals surface area (Å²) in [6.45, 7) is 11.2. The number of hydrogen-bond donors (Lipinski definition) is 3. The predicted molar refractivity (Wildman–Crippen MR) is 73.2 cm³/mol. The van der Waals surface area contributed by atoms with Gasteiger partial charge in [-0.15, -0.1) is 0 Å². The van der Waals surface area contributed by atoms with Crippen molar-refractivity contribution in [1.82, 2.24) is 0 Å². The minimum atomic E-state index is -1.33. The monoisotopic (exact) mass is 292 g/mol. The molecule has 6 heteroatoms. The maximum Gasteiger partial charge on any atom is 0.187 e. The molecular formula is C14H28O6. The summed E-state index contributed by atoms with van der Waals surface area (Å²) in [5.41, 5.74) is -0.923. The van der Waals surface area contributed by atoms with E-state index in [0.29, 0.717) is 0 Å². The van der Waals surface area contributed by atoms with Crippen LogP contribution < -0.4 is 0 Å². The van der Waals surface area contributed by atoms with Crippen molar-refractivity contribution in [3.63, 3.8) is 0 Å². The van der Waals surface area contributed by atoms with E-state index in [1.54, 1.807) is 0 Å². The highest BCUT2D eigenvalue weighted by Crippen LogP contribution is 2.26. The molecule has 1 aliphatic rings. The number of aliphatic hydroxyl groups excluding tert-OH is 3. The third-order valence-corrected chi connectivity index (χ3v) is 2.82. The number of hydrogen-bond acceptors (Lipinski definition) is 6. The molecule has 6 nitrogen and oxygen atoms in total. The van der Waals surface area contributed by atoms with Gasteiger partial charge in [-0.3, -0.25) is 0 Å². The lowest BCUT2D eigenvalue weighted by atomic mass is 9.99. The summed E-state index contributed by atoms with van der Waals surface area (Å²) >= 11 is 0. The lowest BCUT2D eigenvalue weighted by molar-refractivity contribution is -0.324. The molecule has 1 saturated heterocycles. The number of rotatable bonds is 3. The van der Waals surface area contributed by atoms with E-state index in [1.165, 1.54) is 0 Å². The molecule has 3 N–H and O–H groups in total. The van der Waals surface area contributed by atoms with Crippen LogP contribution in [0.3, 0.4) is 0 Å². The standard InChI is InChI=1S/C14H28O6/c1-13(2,3)18-7-8-9(15)10(16)11(17)12(19-8)20-14(4,5)6/h8-12,15-17H,7H2,1-6H3/t8-,9-,10+,11-,12?/m1/s1. The second kappa shape index (κ2) is 6.25. The van der Waals surface area contributed by atoms with Gasteiger partial charge in [0.2, 0.25) is 0 Å². The molecule has 1 aliphatic heterocycles. The molecule has 1 unspecified atom stereocenters. The molecule has 0 aromatic carbocycles. The summed E-state index contributed by atoms with van der Waals surface area (Å²) in [5.74, 6) is 0. The van der Waals surface area contributed by atoms with Crippen LogP contribution >= 0.6 is 0 Å². The van der Waals surface area contributed by atoms with Gasteiger partial charge in [-0.25, -0.2) is 0 Å². The van der Waals surface area contributed by atoms with Gasteiger partial charge in [0.1, 0.15) is 24.4 Å². The number of ether oxygens (including phenoxy) is 3. The van der Waals surface area contributed by atoms with Crippen molar-refractivity contribution in [2.75, 3.05) is 6.61 Å². The van der Waals surface area contributed by atoms with Crippen LogP contribution in [0.5, 0.6) is 0 Å². The lowest BCUT2D eigenvalue weighted by Crippen LogP contribution is -2.60. The first-order valence-corrected chi connectivity index (χ1v) is 6.92. The van der Waals surface area contributed by atoms with Crippen LogP contribution in [0.2, 0.25) is 0 Å². The molecule has 0 amide bonds. The normalized spacial score (nSPS) is 36.1. The van der Waals surface area contributed by atoms with Crippen molar-refractivity contribution in [1.29, 1.82) is 0 Å². The van der Waals surface area contributed by atoms with Crippen molar-refractivity contribution in [2.24, 2.45) is 0 Å². The van der Waals surface area contributed by atoms with Gasteiger partial charge in [-0.1, -0.05) is 0 Å². The highest BCUT2D eigenvalue weighted by molar-refractivity contribution is 4.90. The van der Waals surface area contributed by atoms with E-state index < -0.39 is 36.3 Å². The van der Waals surface area contributed by atoms with Crippen LogP contribution in [0.4, 0.5) is 0 Å². The Kier molecular flexibility index (Phi) is 5.57. The van der Waals surface area contributed by atoms with Gasteiger partial charge in [0.15, 0.2) is 6.29 Å². The molecule has 120 valence electrons. The minimum absolute atomic E-state index is 0.110. The Balaban J connectivity index is 2.71. The molecule has 0 spiro atoms. The van der Waals surface area contributed by atoms with Crippen LogP contribution in [-0.2, 0) is 14.2 Å². The van der Waals surface area contributed by atoms with Gasteiger partial charge in [-0.05, 0) is 41.5 Å². The molecule has 5 atom stereocenters. The van der Waals surface area contributed by atoms with Crippen LogP contribution in [0.25, 0.3) is 0 Å². The summed E-state index contributed by atoms with van der Waals surface area (Å²) in [6, 6.07) is 0. The fraction of sp³-hybridized carbons (Fsp3) is 1.00. The summed E-state index contributed by atoms with van der Waals surface area (Å²) < 4.78 is 16.7. The SMILES string of the molecule is CC(C)(C)OC[C@H]1OC(OC(C)(C)C)[C@H](O)[C@@H](O)[C@@H]1O. The van der Waals surface area contributed by atoms with E-state index in [9.17, 15) is 15.3 Å². The fourth-order valence-electron chi connectivity index (χ4n) is 1.83. The average Bonchev–Trinajstić information content (AvgIpc) is 2.25. The molecule has 20 heavy (non-hydrogen) atoms. The van der Waals surface area contributed by atoms with Crippen molar-refractivity contribution in [2.45, 2.75) is 83.5 Å². The third-order valence-electron chi connectivity index (χ3n) is 2.82. The van der Waals surface area contributed by atoms with Crippen molar-refractivity contribution in [3.05, 3.63) is 0 Å². The van der Waals surface area contributed by atoms with E-state index in [-0.39, 0.29) is 12.2 Å². The highest BCUT2D eigenvalue weighted by atomic mass is 16.7. The zero-order valence-corrected chi connectivity index (χ0v) is 13.2. The first-order chi connectivity index (χ1) is 8.91. The van der Waals surface area contributed by atoms with Crippen LogP contribution in [0, 0.1) is 0 Å². The van der Waals surface area contributed by atoms with Gasteiger partial charge in [0, 0.05) is 0 Å². The summed E-state index contributed by atoms with van der Waals surface area (Å²) in [7, 11) is 0. The van der Waals surface area contributed by atoms with Crippen LogP contribution in [0.15, 0.2) is 0 Å². The van der Waals surface area contributed by atoms with E-state index >= 15 is 0 Å². The van der Waals surface area contributed by atoms with Gasteiger partial charge in [-0.2, -0.15) is 0 Å². The highest BCUT2D eigenvalue weighted by Gasteiger charge is 2.45. The van der Waals surface area contributed by atoms with Crippen LogP contribution in [0.1, 0.15) is 41.5 Å². The Morgan fingerprint density at radius 1 is 0.850 bits per heavy atom. The van der Waals surface area contributed by atoms with Crippen molar-refractivity contribution >= 4 is 0 Å². The first-order valence-electron chi connectivity index (χ1n) is 6.92. The summed E-state index contributed by atoms with van der Waals surface area (Å²) in [6.07, 6.45) is -5.59. The zero-order chi connectivity index (χ0) is 15.7. The van der Waals surface area contributed by atoms with E-state index in [4.69, 9.17) is 14.2 Å². The molecule has 0 aromatic heterocycles. The quantitative estimate of drug-likeness (QED) is 0.699. The Labute approximate surface area is 120 Å². The Bertz CT molecular complexity index is 304. The minimum Gasteiger partial charge on any atom is -0.387 e. The molecule has 0 saturated carbocycles. The maximum absolute atomic E-state index is 9.95. The Morgan fingerprint density at radius 2 is 1.40 bits per heavy atom. The molecule has 1 fully saturated rings. The Morgan fingerprint density at radius 3 is 1.85 bits per heavy atom. The molecule has 0 aliphatic carbocycles. The van der Waals surface area contributed by atoms with Gasteiger partial charge < -0.3 is 29.5 Å². The van der Waals surface area contributed by atoms with E-state index in [1.807, 2.05) is 41.5 Å². The zero-order valence-electron chi connectivity index (χ0n) is 13.2. The molecule has 0 aromatic rings. The van der Waals surface area contributed by atoms with E-state index in [0.717, 1.165) is 0 Å². The predicted octanol–water partition coefficient (Wildman–Crippen LogP) is 0.424. The smallest absolute Gasteiger partial charge is 0.187 e. The summed E-state index contributed by atoms with van der Waals surface area (Å²) in [4.78, 5) is 0. The van der Waals surface area contributed by atoms with Gasteiger partial charge >= 0.3 is 0 Å². The second-order valence-corrected chi connectivity index (χ2v) is 7.17. The fourth-order valence-corrected chi connectivity index (χ4v) is 1.83. The van der Waals surface area contributed by atoms with Gasteiger partial charge in [0.25, 0.3) is 0 Å². The Hall–Kier alpha value is -0.240. The van der Waals surface area contributed by atoms with Crippen molar-refractivity contribution in [3.8, 4) is 0 Å². The molecule has 0 radical (unpaired) electrons. The average molecular weight is 292 g/mol. The number of aliphatic hydroxyl groups is 3. The third kappa shape index (κ3) is 5.27. The van der Waals surface area contributed by atoms with Gasteiger partial charge in [0.05, 0.1) is 17.8 Å². The summed E-state index contributed by atoms with van der Waals surface area (Å²) in [5, 5.41) is 29.8. The molecule has 1 heterocycles. The largest absolute Gasteiger partial charge is 0.387 e. The second-order valence-electron chi connectivity index (χ2n) is 7.17. The maximum atomic E-state index is 9.95. The first kappa shape index (κ1) is 17.8. The topological polar surface area (TPSA) is 88.4 Å².